The molecule has 0 spiro atoms. The molecule has 2 aromatic rings. The molecule has 4 heteroatoms. The molecule has 3 rings (SSSR count). The summed E-state index contributed by atoms with van der Waals surface area (Å²) in [5.74, 6) is 1.78. The topological polar surface area (TPSA) is 58.9 Å². The summed E-state index contributed by atoms with van der Waals surface area (Å²) in [6.45, 7) is 0.546. The van der Waals surface area contributed by atoms with Crippen molar-refractivity contribution in [2.45, 2.75) is 12.3 Å². The lowest BCUT2D eigenvalue weighted by molar-refractivity contribution is 0.261. The maximum atomic E-state index is 9.64. The van der Waals surface area contributed by atoms with Gasteiger partial charge in [0.1, 0.15) is 11.5 Å². The fourth-order valence-corrected chi connectivity index (χ4v) is 2.52. The zero-order chi connectivity index (χ0) is 14.1. The van der Waals surface area contributed by atoms with Gasteiger partial charge in [-0.3, -0.25) is 0 Å². The number of benzene rings is 2. The first kappa shape index (κ1) is 12.7. The van der Waals surface area contributed by atoms with E-state index in [0.717, 1.165) is 23.3 Å². The molecule has 0 radical (unpaired) electrons. The van der Waals surface area contributed by atoms with Crippen LogP contribution in [-0.2, 0) is 6.42 Å². The van der Waals surface area contributed by atoms with Crippen molar-refractivity contribution < 1.29 is 19.7 Å². The first-order chi connectivity index (χ1) is 9.67. The number of phenols is 2. The number of aromatic hydroxyl groups is 2. The minimum atomic E-state index is 0.137. The molecule has 0 aromatic heterocycles. The zero-order valence-electron chi connectivity index (χ0n) is 11.2. The van der Waals surface area contributed by atoms with Crippen molar-refractivity contribution in [1.29, 1.82) is 0 Å². The second-order valence-electron chi connectivity index (χ2n) is 4.94. The number of phenolic OH excluding ortho intramolecular Hbond substituents is 2. The second-order valence-corrected chi connectivity index (χ2v) is 4.94. The lowest BCUT2D eigenvalue weighted by Crippen LogP contribution is -2.19. The van der Waals surface area contributed by atoms with Gasteiger partial charge in [0.25, 0.3) is 0 Å². The lowest BCUT2D eigenvalue weighted by atomic mass is 9.90. The van der Waals surface area contributed by atoms with Gasteiger partial charge in [-0.25, -0.2) is 0 Å². The summed E-state index contributed by atoms with van der Waals surface area (Å²) < 4.78 is 10.8. The van der Waals surface area contributed by atoms with Crippen LogP contribution in [0, 0.1) is 0 Å². The highest BCUT2D eigenvalue weighted by atomic mass is 16.5. The van der Waals surface area contributed by atoms with E-state index in [1.807, 2.05) is 18.2 Å². The van der Waals surface area contributed by atoms with Gasteiger partial charge in [-0.2, -0.15) is 0 Å². The van der Waals surface area contributed by atoms with Crippen molar-refractivity contribution in [2.24, 2.45) is 0 Å². The van der Waals surface area contributed by atoms with Crippen molar-refractivity contribution >= 4 is 0 Å². The van der Waals surface area contributed by atoms with Crippen LogP contribution in [0.2, 0.25) is 0 Å². The van der Waals surface area contributed by atoms with E-state index < -0.39 is 0 Å². The van der Waals surface area contributed by atoms with E-state index >= 15 is 0 Å². The molecule has 1 aliphatic heterocycles. The maximum absolute atomic E-state index is 9.64. The minimum absolute atomic E-state index is 0.137. The Kier molecular flexibility index (Phi) is 3.14. The molecule has 4 nitrogen and oxygen atoms in total. The van der Waals surface area contributed by atoms with E-state index in [9.17, 15) is 10.2 Å². The molecular formula is C16H16O4. The van der Waals surface area contributed by atoms with E-state index in [-0.39, 0.29) is 17.4 Å². The number of rotatable bonds is 2. The van der Waals surface area contributed by atoms with Crippen molar-refractivity contribution in [2.75, 3.05) is 13.7 Å². The van der Waals surface area contributed by atoms with E-state index in [4.69, 9.17) is 9.47 Å². The number of hydrogen-bond acceptors (Lipinski definition) is 4. The quantitative estimate of drug-likeness (QED) is 0.882. The maximum Gasteiger partial charge on any atom is 0.160 e. The average Bonchev–Trinajstić information content (AvgIpc) is 2.47. The average molecular weight is 272 g/mol. The summed E-state index contributed by atoms with van der Waals surface area (Å²) in [7, 11) is 1.54. The molecule has 2 N–H and O–H groups in total. The van der Waals surface area contributed by atoms with Crippen molar-refractivity contribution in [3.63, 3.8) is 0 Å². The third-order valence-electron chi connectivity index (χ3n) is 3.63. The van der Waals surface area contributed by atoms with Crippen LogP contribution >= 0.6 is 0 Å². The molecule has 0 saturated carbocycles. The van der Waals surface area contributed by atoms with Crippen LogP contribution in [0.4, 0.5) is 0 Å². The predicted octanol–water partition coefficient (Wildman–Crippen LogP) is 2.83. The largest absolute Gasteiger partial charge is 0.508 e. The summed E-state index contributed by atoms with van der Waals surface area (Å²) in [5.41, 5.74) is 2.14. The Morgan fingerprint density at radius 1 is 1.15 bits per heavy atom. The molecule has 0 unspecified atom stereocenters. The number of methoxy groups -OCH3 is 1. The van der Waals surface area contributed by atoms with E-state index in [1.165, 1.54) is 7.11 Å². The second kappa shape index (κ2) is 4.96. The minimum Gasteiger partial charge on any atom is -0.508 e. The highest BCUT2D eigenvalue weighted by Gasteiger charge is 2.22. The van der Waals surface area contributed by atoms with Gasteiger partial charge in [-0.1, -0.05) is 12.1 Å². The summed E-state index contributed by atoms with van der Waals surface area (Å²) in [5, 5.41) is 19.1. The SMILES string of the molecule is COc1cc([C@@H]2COc3cc(O)ccc3C2)ccc1O. The number of fused-ring (bicyclic) bond motifs is 1. The van der Waals surface area contributed by atoms with Crippen molar-refractivity contribution in [3.05, 3.63) is 47.5 Å². The van der Waals surface area contributed by atoms with Gasteiger partial charge in [0.15, 0.2) is 11.5 Å². The van der Waals surface area contributed by atoms with Crippen molar-refractivity contribution in [3.8, 4) is 23.0 Å². The molecule has 104 valence electrons. The smallest absolute Gasteiger partial charge is 0.160 e. The normalized spacial score (nSPS) is 17.1. The van der Waals surface area contributed by atoms with Crippen LogP contribution in [0.3, 0.4) is 0 Å². The highest BCUT2D eigenvalue weighted by Crippen LogP contribution is 2.37. The van der Waals surface area contributed by atoms with Crippen LogP contribution in [0.5, 0.6) is 23.0 Å². The third-order valence-corrected chi connectivity index (χ3v) is 3.63. The fourth-order valence-electron chi connectivity index (χ4n) is 2.52. The first-order valence-corrected chi connectivity index (χ1v) is 6.49. The molecule has 1 aliphatic rings. The molecule has 0 aliphatic carbocycles. The summed E-state index contributed by atoms with van der Waals surface area (Å²) in [4.78, 5) is 0. The van der Waals surface area contributed by atoms with Gasteiger partial charge in [0.2, 0.25) is 0 Å². The van der Waals surface area contributed by atoms with Gasteiger partial charge in [-0.15, -0.1) is 0 Å². The standard InChI is InChI=1S/C16H16O4/c1-19-16-7-10(3-5-14(16)18)12-6-11-2-4-13(17)8-15(11)20-9-12/h2-5,7-8,12,17-18H,6,9H2,1H3/t12-/m0/s1. The third kappa shape index (κ3) is 2.25. The van der Waals surface area contributed by atoms with E-state index in [0.29, 0.717) is 12.4 Å². The Morgan fingerprint density at radius 2 is 2.00 bits per heavy atom. The van der Waals surface area contributed by atoms with Gasteiger partial charge in [0.05, 0.1) is 13.7 Å². The molecule has 1 heterocycles. The van der Waals surface area contributed by atoms with E-state index in [1.54, 1.807) is 18.2 Å². The summed E-state index contributed by atoms with van der Waals surface area (Å²) in [6.07, 6.45) is 0.837. The molecule has 0 saturated heterocycles. The Bertz CT molecular complexity index is 636. The van der Waals surface area contributed by atoms with Gasteiger partial charge in [-0.05, 0) is 35.7 Å². The van der Waals surface area contributed by atoms with E-state index in [2.05, 4.69) is 0 Å². The molecule has 0 bridgehead atoms. The molecule has 1 atom stereocenters. The Hall–Kier alpha value is -2.36. The van der Waals surface area contributed by atoms with Crippen LogP contribution < -0.4 is 9.47 Å². The molecule has 2 aromatic carbocycles. The summed E-state index contributed by atoms with van der Waals surface area (Å²) >= 11 is 0. The van der Waals surface area contributed by atoms with Gasteiger partial charge < -0.3 is 19.7 Å². The van der Waals surface area contributed by atoms with Crippen molar-refractivity contribution in [1.82, 2.24) is 0 Å². The van der Waals surface area contributed by atoms with Gasteiger partial charge in [0, 0.05) is 12.0 Å². The first-order valence-electron chi connectivity index (χ1n) is 6.49. The Morgan fingerprint density at radius 3 is 2.80 bits per heavy atom. The Balaban J connectivity index is 1.88. The monoisotopic (exact) mass is 272 g/mol. The van der Waals surface area contributed by atoms with Crippen LogP contribution in [0.15, 0.2) is 36.4 Å². The predicted molar refractivity (Wildman–Crippen MR) is 74.7 cm³/mol. The molecule has 0 amide bonds. The molecular weight excluding hydrogens is 256 g/mol. The number of hydrogen-bond donors (Lipinski definition) is 2. The zero-order valence-corrected chi connectivity index (χ0v) is 11.2. The number of ether oxygens (including phenoxy) is 2. The Labute approximate surface area is 117 Å². The van der Waals surface area contributed by atoms with Gasteiger partial charge >= 0.3 is 0 Å². The van der Waals surface area contributed by atoms with Crippen LogP contribution in [-0.4, -0.2) is 23.9 Å². The molecule has 20 heavy (non-hydrogen) atoms. The van der Waals surface area contributed by atoms with Crippen LogP contribution in [0.1, 0.15) is 17.0 Å². The lowest BCUT2D eigenvalue weighted by Gasteiger charge is -2.26. The summed E-state index contributed by atoms with van der Waals surface area (Å²) in [6, 6.07) is 10.6. The molecule has 0 fully saturated rings. The highest BCUT2D eigenvalue weighted by molar-refractivity contribution is 5.46. The fraction of sp³-hybridized carbons (Fsp3) is 0.250. The van der Waals surface area contributed by atoms with Crippen LogP contribution in [0.25, 0.3) is 0 Å².